The van der Waals surface area contributed by atoms with Crippen molar-refractivity contribution in [1.82, 2.24) is 24.5 Å². The lowest BCUT2D eigenvalue weighted by atomic mass is 9.95. The maximum absolute atomic E-state index is 14.1. The lowest BCUT2D eigenvalue weighted by Gasteiger charge is -2.18. The summed E-state index contributed by atoms with van der Waals surface area (Å²) in [5, 5.41) is 9.57. The standard InChI is InChI=1S/C24H25ClFN5O/c1-5-31-14-18(23(25)29-31)12-17-13-30(4)28-22(17)19-9-8-15(2)11-20(19)16(3)32-24-21(26)7-6-10-27-24/h6-11,13-14,16H,5,12H2,1-4H3/t16-/m1/s1. The van der Waals surface area contributed by atoms with Gasteiger partial charge in [0.25, 0.3) is 5.88 Å². The first-order valence-corrected chi connectivity index (χ1v) is 10.9. The van der Waals surface area contributed by atoms with Gasteiger partial charge in [-0.3, -0.25) is 9.36 Å². The predicted molar refractivity (Wildman–Crippen MR) is 122 cm³/mol. The van der Waals surface area contributed by atoms with Crippen LogP contribution in [-0.2, 0) is 20.0 Å². The van der Waals surface area contributed by atoms with Gasteiger partial charge in [-0.15, -0.1) is 0 Å². The van der Waals surface area contributed by atoms with Crippen molar-refractivity contribution in [1.29, 1.82) is 0 Å². The van der Waals surface area contributed by atoms with Gasteiger partial charge in [-0.2, -0.15) is 10.2 Å². The fraction of sp³-hybridized carbons (Fsp3) is 0.292. The van der Waals surface area contributed by atoms with Gasteiger partial charge >= 0.3 is 0 Å². The Labute approximate surface area is 191 Å². The van der Waals surface area contributed by atoms with E-state index in [2.05, 4.69) is 10.1 Å². The van der Waals surface area contributed by atoms with Gasteiger partial charge in [-0.05, 0) is 32.9 Å². The summed E-state index contributed by atoms with van der Waals surface area (Å²) in [4.78, 5) is 4.03. The molecule has 0 aliphatic carbocycles. The van der Waals surface area contributed by atoms with Crippen LogP contribution in [0, 0.1) is 12.7 Å². The number of rotatable bonds is 7. The smallest absolute Gasteiger partial charge is 0.250 e. The number of aryl methyl sites for hydroxylation is 3. The lowest BCUT2D eigenvalue weighted by molar-refractivity contribution is 0.206. The molecule has 4 aromatic rings. The Morgan fingerprint density at radius 2 is 1.97 bits per heavy atom. The summed E-state index contributed by atoms with van der Waals surface area (Å²) in [5.74, 6) is -0.512. The van der Waals surface area contributed by atoms with Gasteiger partial charge < -0.3 is 4.74 Å². The molecule has 3 heterocycles. The molecule has 0 radical (unpaired) electrons. The highest BCUT2D eigenvalue weighted by Gasteiger charge is 2.21. The van der Waals surface area contributed by atoms with E-state index in [4.69, 9.17) is 21.4 Å². The molecule has 3 aromatic heterocycles. The second-order valence-corrected chi connectivity index (χ2v) is 8.15. The van der Waals surface area contributed by atoms with Crippen molar-refractivity contribution < 1.29 is 9.13 Å². The van der Waals surface area contributed by atoms with Crippen LogP contribution in [0.25, 0.3) is 11.3 Å². The minimum Gasteiger partial charge on any atom is -0.468 e. The largest absolute Gasteiger partial charge is 0.468 e. The Morgan fingerprint density at radius 1 is 1.16 bits per heavy atom. The maximum Gasteiger partial charge on any atom is 0.250 e. The molecule has 0 bridgehead atoms. The molecule has 0 N–H and O–H groups in total. The molecule has 6 nitrogen and oxygen atoms in total. The van der Waals surface area contributed by atoms with Crippen LogP contribution in [0.2, 0.25) is 5.15 Å². The quantitative estimate of drug-likeness (QED) is 0.369. The van der Waals surface area contributed by atoms with Crippen molar-refractivity contribution in [3.63, 3.8) is 0 Å². The summed E-state index contributed by atoms with van der Waals surface area (Å²) >= 11 is 6.36. The highest BCUT2D eigenvalue weighted by Crippen LogP contribution is 2.34. The summed E-state index contributed by atoms with van der Waals surface area (Å²) in [7, 11) is 1.89. The van der Waals surface area contributed by atoms with E-state index >= 15 is 0 Å². The second-order valence-electron chi connectivity index (χ2n) is 7.80. The monoisotopic (exact) mass is 453 g/mol. The van der Waals surface area contributed by atoms with Crippen LogP contribution in [0.1, 0.15) is 42.2 Å². The van der Waals surface area contributed by atoms with Gasteiger partial charge in [0, 0.05) is 60.9 Å². The van der Waals surface area contributed by atoms with Gasteiger partial charge in [0.05, 0.1) is 5.69 Å². The van der Waals surface area contributed by atoms with Gasteiger partial charge in [-0.1, -0.05) is 35.4 Å². The molecule has 0 aliphatic heterocycles. The molecule has 32 heavy (non-hydrogen) atoms. The van der Waals surface area contributed by atoms with Crippen LogP contribution < -0.4 is 4.74 Å². The number of hydrogen-bond acceptors (Lipinski definition) is 4. The molecule has 0 unspecified atom stereocenters. The predicted octanol–water partition coefficient (Wildman–Crippen LogP) is 5.53. The zero-order chi connectivity index (χ0) is 22.8. The van der Waals surface area contributed by atoms with Gasteiger partial charge in [0.1, 0.15) is 6.10 Å². The number of benzene rings is 1. The topological polar surface area (TPSA) is 57.8 Å². The van der Waals surface area contributed by atoms with Crippen LogP contribution in [0.4, 0.5) is 4.39 Å². The molecular formula is C24H25ClFN5O. The van der Waals surface area contributed by atoms with Gasteiger partial charge in [0.2, 0.25) is 0 Å². The summed E-state index contributed by atoms with van der Waals surface area (Å²) in [6, 6.07) is 8.98. The Morgan fingerprint density at radius 3 is 2.69 bits per heavy atom. The molecule has 0 fully saturated rings. The summed E-state index contributed by atoms with van der Waals surface area (Å²) in [6.07, 6.45) is 5.63. The maximum atomic E-state index is 14.1. The Kier molecular flexibility index (Phi) is 6.28. The van der Waals surface area contributed by atoms with E-state index in [1.54, 1.807) is 4.68 Å². The average Bonchev–Trinajstić information content (AvgIpc) is 3.31. The third kappa shape index (κ3) is 4.53. The molecule has 0 aliphatic rings. The first kappa shape index (κ1) is 22.0. The SMILES string of the molecule is CCn1cc(Cc2cn(C)nc2-c2ccc(C)cc2[C@@H](C)Oc2ncccc2F)c(Cl)n1. The number of hydrogen-bond donors (Lipinski definition) is 0. The lowest BCUT2D eigenvalue weighted by Crippen LogP contribution is -2.08. The zero-order valence-electron chi connectivity index (χ0n) is 18.5. The normalized spacial score (nSPS) is 12.2. The summed E-state index contributed by atoms with van der Waals surface area (Å²) in [6.45, 7) is 6.67. The van der Waals surface area contributed by atoms with E-state index in [1.165, 1.54) is 18.3 Å². The fourth-order valence-electron chi connectivity index (χ4n) is 3.74. The van der Waals surface area contributed by atoms with E-state index in [-0.39, 0.29) is 5.88 Å². The van der Waals surface area contributed by atoms with Crippen molar-refractivity contribution in [2.45, 2.75) is 39.8 Å². The highest BCUT2D eigenvalue weighted by atomic mass is 35.5. The number of aromatic nitrogens is 5. The third-order valence-corrected chi connectivity index (χ3v) is 5.63. The van der Waals surface area contributed by atoms with E-state index in [1.807, 2.05) is 63.1 Å². The Balaban J connectivity index is 1.73. The first-order valence-electron chi connectivity index (χ1n) is 10.5. The van der Waals surface area contributed by atoms with Crippen LogP contribution in [0.15, 0.2) is 48.9 Å². The van der Waals surface area contributed by atoms with Crippen LogP contribution in [-0.4, -0.2) is 24.5 Å². The number of ether oxygens (including phenoxy) is 1. The Bertz CT molecular complexity index is 1250. The minimum atomic E-state index is -0.491. The zero-order valence-corrected chi connectivity index (χ0v) is 19.3. The molecule has 166 valence electrons. The molecule has 1 aromatic carbocycles. The van der Waals surface area contributed by atoms with Crippen molar-refractivity contribution in [2.24, 2.45) is 7.05 Å². The van der Waals surface area contributed by atoms with E-state index in [0.717, 1.165) is 40.1 Å². The number of nitrogens with zero attached hydrogens (tertiary/aromatic N) is 5. The van der Waals surface area contributed by atoms with Gasteiger partial charge in [0.15, 0.2) is 11.0 Å². The molecule has 8 heteroatoms. The van der Waals surface area contributed by atoms with E-state index < -0.39 is 11.9 Å². The van der Waals surface area contributed by atoms with Crippen molar-refractivity contribution in [3.05, 3.63) is 82.1 Å². The summed E-state index contributed by atoms with van der Waals surface area (Å²) < 4.78 is 23.6. The van der Waals surface area contributed by atoms with Crippen LogP contribution in [0.3, 0.4) is 0 Å². The molecule has 0 saturated heterocycles. The van der Waals surface area contributed by atoms with Gasteiger partial charge in [-0.25, -0.2) is 9.37 Å². The average molecular weight is 454 g/mol. The van der Waals surface area contributed by atoms with E-state index in [9.17, 15) is 4.39 Å². The van der Waals surface area contributed by atoms with Crippen LogP contribution in [0.5, 0.6) is 5.88 Å². The molecule has 4 rings (SSSR count). The van der Waals surface area contributed by atoms with Crippen LogP contribution >= 0.6 is 11.6 Å². The molecule has 0 spiro atoms. The number of pyridine rings is 1. The Hall–Kier alpha value is -3.19. The highest BCUT2D eigenvalue weighted by molar-refractivity contribution is 6.30. The van der Waals surface area contributed by atoms with Crippen molar-refractivity contribution in [3.8, 4) is 17.1 Å². The number of halogens is 2. The first-order chi connectivity index (χ1) is 15.4. The minimum absolute atomic E-state index is 0.0209. The van der Waals surface area contributed by atoms with Crippen molar-refractivity contribution in [2.75, 3.05) is 0 Å². The third-order valence-electron chi connectivity index (χ3n) is 5.31. The van der Waals surface area contributed by atoms with Crippen molar-refractivity contribution >= 4 is 11.6 Å². The van der Waals surface area contributed by atoms with E-state index in [0.29, 0.717) is 11.6 Å². The molecule has 1 atom stereocenters. The fourth-order valence-corrected chi connectivity index (χ4v) is 3.95. The summed E-state index contributed by atoms with van der Waals surface area (Å²) in [5.41, 5.74) is 5.70. The second kappa shape index (κ2) is 9.12. The molecular weight excluding hydrogens is 429 g/mol. The molecule has 0 amide bonds. The molecule has 0 saturated carbocycles.